The van der Waals surface area contributed by atoms with Crippen LogP contribution in [-0.2, 0) is 21.2 Å². The molecule has 144 valence electrons. The van der Waals surface area contributed by atoms with Crippen molar-refractivity contribution in [1.29, 1.82) is 0 Å². The summed E-state index contributed by atoms with van der Waals surface area (Å²) in [6.45, 7) is 3.02. The number of aryl methyl sites for hydroxylation is 1. The molecule has 0 unspecified atom stereocenters. The summed E-state index contributed by atoms with van der Waals surface area (Å²) in [5.41, 5.74) is 1.94. The molecule has 1 amide bonds. The highest BCUT2D eigenvalue weighted by atomic mass is 35.5. The van der Waals surface area contributed by atoms with Crippen LogP contribution in [0.15, 0.2) is 53.4 Å². The van der Waals surface area contributed by atoms with Gasteiger partial charge in [-0.2, -0.15) is 0 Å². The Morgan fingerprint density at radius 3 is 2.26 bits per heavy atom. The molecule has 0 aromatic heterocycles. The monoisotopic (exact) mass is 406 g/mol. The third-order valence-electron chi connectivity index (χ3n) is 4.77. The van der Waals surface area contributed by atoms with Crippen LogP contribution in [0.3, 0.4) is 0 Å². The number of nitrogens with zero attached hydrogens (tertiary/aromatic N) is 1. The number of amides is 1. The second kappa shape index (κ2) is 8.42. The zero-order valence-electron chi connectivity index (χ0n) is 15.2. The Balaban J connectivity index is 1.53. The SMILES string of the molecule is Cc1ccc(S(=O)(=O)NC2CCN(C(=O)Cc3ccc(Cl)cc3)CC2)cc1. The van der Waals surface area contributed by atoms with Crippen LogP contribution in [0, 0.1) is 6.92 Å². The van der Waals surface area contributed by atoms with E-state index in [1.807, 2.05) is 19.1 Å². The lowest BCUT2D eigenvalue weighted by Gasteiger charge is -2.32. The lowest BCUT2D eigenvalue weighted by atomic mass is 10.0. The van der Waals surface area contributed by atoms with Crippen LogP contribution >= 0.6 is 11.6 Å². The Hall–Kier alpha value is -1.89. The van der Waals surface area contributed by atoms with Crippen molar-refractivity contribution in [3.05, 3.63) is 64.7 Å². The van der Waals surface area contributed by atoms with Crippen molar-refractivity contribution < 1.29 is 13.2 Å². The van der Waals surface area contributed by atoms with E-state index in [1.54, 1.807) is 41.3 Å². The van der Waals surface area contributed by atoms with E-state index in [1.165, 1.54) is 0 Å². The number of likely N-dealkylation sites (tertiary alicyclic amines) is 1. The van der Waals surface area contributed by atoms with E-state index in [4.69, 9.17) is 11.6 Å². The molecule has 0 aliphatic carbocycles. The topological polar surface area (TPSA) is 66.5 Å². The second-order valence-corrected chi connectivity index (χ2v) is 9.04. The Morgan fingerprint density at radius 1 is 1.07 bits per heavy atom. The van der Waals surface area contributed by atoms with Crippen molar-refractivity contribution in [3.8, 4) is 0 Å². The van der Waals surface area contributed by atoms with E-state index >= 15 is 0 Å². The first-order chi connectivity index (χ1) is 12.8. The molecule has 2 aromatic rings. The predicted octanol–water partition coefficient (Wildman–Crippen LogP) is 3.16. The van der Waals surface area contributed by atoms with Crippen molar-refractivity contribution >= 4 is 27.5 Å². The second-order valence-electron chi connectivity index (χ2n) is 6.89. The number of sulfonamides is 1. The third kappa shape index (κ3) is 5.31. The van der Waals surface area contributed by atoms with Crippen molar-refractivity contribution in [2.75, 3.05) is 13.1 Å². The molecule has 2 aromatic carbocycles. The van der Waals surface area contributed by atoms with E-state index < -0.39 is 10.0 Å². The molecule has 0 spiro atoms. The number of halogens is 1. The Kier molecular flexibility index (Phi) is 6.19. The highest BCUT2D eigenvalue weighted by Crippen LogP contribution is 2.17. The van der Waals surface area contributed by atoms with Gasteiger partial charge in [0.05, 0.1) is 11.3 Å². The summed E-state index contributed by atoms with van der Waals surface area (Å²) in [5, 5.41) is 0.646. The molecule has 0 atom stereocenters. The molecule has 1 aliphatic heterocycles. The molecule has 27 heavy (non-hydrogen) atoms. The molecule has 1 fully saturated rings. The summed E-state index contributed by atoms with van der Waals surface area (Å²) in [4.78, 5) is 14.5. The molecule has 1 N–H and O–H groups in total. The Labute approximate surface area is 165 Å². The molecule has 1 heterocycles. The standard InChI is InChI=1S/C20H23ClN2O3S/c1-15-2-8-19(9-3-15)27(25,26)22-18-10-12-23(13-11-18)20(24)14-16-4-6-17(21)7-5-16/h2-9,18,22H,10-14H2,1H3. The summed E-state index contributed by atoms with van der Waals surface area (Å²) in [7, 11) is -3.53. The molecule has 5 nitrogen and oxygen atoms in total. The van der Waals surface area contributed by atoms with Crippen molar-refractivity contribution in [2.45, 2.75) is 37.1 Å². The number of rotatable bonds is 5. The molecule has 7 heteroatoms. The first-order valence-corrected chi connectivity index (χ1v) is 10.8. The Bertz CT molecular complexity index is 888. The molecule has 3 rings (SSSR count). The molecule has 1 aliphatic rings. The van der Waals surface area contributed by atoms with Gasteiger partial charge in [-0.1, -0.05) is 41.4 Å². The fourth-order valence-corrected chi connectivity index (χ4v) is 4.57. The van der Waals surface area contributed by atoms with Gasteiger partial charge >= 0.3 is 0 Å². The van der Waals surface area contributed by atoms with E-state index in [2.05, 4.69) is 4.72 Å². The number of piperidine rings is 1. The summed E-state index contributed by atoms with van der Waals surface area (Å²) in [5.74, 6) is 0.0529. The molecular weight excluding hydrogens is 384 g/mol. The van der Waals surface area contributed by atoms with Crippen LogP contribution in [0.5, 0.6) is 0 Å². The van der Waals surface area contributed by atoms with Crippen LogP contribution < -0.4 is 4.72 Å². The normalized spacial score (nSPS) is 15.7. The highest BCUT2D eigenvalue weighted by molar-refractivity contribution is 7.89. The van der Waals surface area contributed by atoms with Crippen LogP contribution in [0.2, 0.25) is 5.02 Å². The highest BCUT2D eigenvalue weighted by Gasteiger charge is 2.26. The largest absolute Gasteiger partial charge is 0.342 e. The summed E-state index contributed by atoms with van der Waals surface area (Å²) in [6.07, 6.45) is 1.55. The van der Waals surface area contributed by atoms with Crippen LogP contribution in [0.4, 0.5) is 0 Å². The van der Waals surface area contributed by atoms with E-state index in [9.17, 15) is 13.2 Å². The first-order valence-electron chi connectivity index (χ1n) is 8.95. The third-order valence-corrected chi connectivity index (χ3v) is 6.56. The summed E-state index contributed by atoms with van der Waals surface area (Å²) < 4.78 is 27.8. The van der Waals surface area contributed by atoms with Gasteiger partial charge in [0.2, 0.25) is 15.9 Å². The average Bonchev–Trinajstić information content (AvgIpc) is 2.64. The van der Waals surface area contributed by atoms with Crippen molar-refractivity contribution in [2.24, 2.45) is 0 Å². The maximum absolute atomic E-state index is 12.5. The maximum Gasteiger partial charge on any atom is 0.240 e. The molecule has 0 bridgehead atoms. The zero-order valence-corrected chi connectivity index (χ0v) is 16.8. The van der Waals surface area contributed by atoms with Gasteiger partial charge in [0.15, 0.2) is 0 Å². The zero-order chi connectivity index (χ0) is 19.4. The van der Waals surface area contributed by atoms with Gasteiger partial charge in [-0.15, -0.1) is 0 Å². The minimum Gasteiger partial charge on any atom is -0.342 e. The fraction of sp³-hybridized carbons (Fsp3) is 0.350. The minimum atomic E-state index is -3.53. The van der Waals surface area contributed by atoms with Crippen LogP contribution in [0.25, 0.3) is 0 Å². The predicted molar refractivity (Wildman–Crippen MR) is 106 cm³/mol. The number of hydrogen-bond donors (Lipinski definition) is 1. The number of hydrogen-bond acceptors (Lipinski definition) is 3. The van der Waals surface area contributed by atoms with Crippen molar-refractivity contribution in [3.63, 3.8) is 0 Å². The number of nitrogens with one attached hydrogen (secondary N) is 1. The lowest BCUT2D eigenvalue weighted by Crippen LogP contribution is -2.46. The quantitative estimate of drug-likeness (QED) is 0.829. The molecule has 0 saturated carbocycles. The van der Waals surface area contributed by atoms with Gasteiger partial charge in [-0.05, 0) is 49.6 Å². The van der Waals surface area contributed by atoms with E-state index in [0.29, 0.717) is 37.4 Å². The van der Waals surface area contributed by atoms with Gasteiger partial charge in [-0.25, -0.2) is 13.1 Å². The first kappa shape index (κ1) is 19.9. The lowest BCUT2D eigenvalue weighted by molar-refractivity contribution is -0.131. The van der Waals surface area contributed by atoms with Crippen molar-refractivity contribution in [1.82, 2.24) is 9.62 Å². The van der Waals surface area contributed by atoms with E-state index in [0.717, 1.165) is 11.1 Å². The van der Waals surface area contributed by atoms with E-state index in [-0.39, 0.29) is 16.8 Å². The smallest absolute Gasteiger partial charge is 0.240 e. The van der Waals surface area contributed by atoms with Crippen LogP contribution in [0.1, 0.15) is 24.0 Å². The van der Waals surface area contributed by atoms with Gasteiger partial charge in [-0.3, -0.25) is 4.79 Å². The fourth-order valence-electron chi connectivity index (χ4n) is 3.14. The van der Waals surface area contributed by atoms with Gasteiger partial charge in [0, 0.05) is 24.2 Å². The Morgan fingerprint density at radius 2 is 1.67 bits per heavy atom. The number of carbonyl (C=O) groups is 1. The molecule has 0 radical (unpaired) electrons. The number of benzene rings is 2. The minimum absolute atomic E-state index is 0.0529. The number of carbonyl (C=O) groups excluding carboxylic acids is 1. The molecule has 1 saturated heterocycles. The van der Waals surface area contributed by atoms with Crippen LogP contribution in [-0.4, -0.2) is 38.4 Å². The summed E-state index contributed by atoms with van der Waals surface area (Å²) >= 11 is 5.87. The van der Waals surface area contributed by atoms with Gasteiger partial charge < -0.3 is 4.90 Å². The maximum atomic E-state index is 12.5. The van der Waals surface area contributed by atoms with Gasteiger partial charge in [0.1, 0.15) is 0 Å². The molecular formula is C20H23ClN2O3S. The average molecular weight is 407 g/mol. The van der Waals surface area contributed by atoms with Gasteiger partial charge in [0.25, 0.3) is 0 Å². The summed E-state index contributed by atoms with van der Waals surface area (Å²) in [6, 6.07) is 13.9.